The predicted octanol–water partition coefficient (Wildman–Crippen LogP) is 1.36. The Bertz CT molecular complexity index is 357. The van der Waals surface area contributed by atoms with E-state index in [1.807, 2.05) is 4.57 Å². The molecule has 0 spiro atoms. The number of unbranched alkanes of at least 4 members (excludes halogenated alkanes) is 1. The van der Waals surface area contributed by atoms with Crippen LogP contribution >= 0.6 is 11.8 Å². The van der Waals surface area contributed by atoms with Crippen molar-refractivity contribution in [3.05, 3.63) is 6.33 Å². The van der Waals surface area contributed by atoms with Gasteiger partial charge in [0.1, 0.15) is 6.33 Å². The van der Waals surface area contributed by atoms with Gasteiger partial charge >= 0.3 is 5.97 Å². The summed E-state index contributed by atoms with van der Waals surface area (Å²) in [6.07, 6.45) is 3.55. The Morgan fingerprint density at radius 2 is 2.33 bits per heavy atom. The Morgan fingerprint density at radius 3 is 3.06 bits per heavy atom. The van der Waals surface area contributed by atoms with Crippen molar-refractivity contribution in [2.45, 2.75) is 31.5 Å². The normalized spacial score (nSPS) is 10.6. The minimum atomic E-state index is -0.213. The first-order valence-electron chi connectivity index (χ1n) is 5.93. The lowest BCUT2D eigenvalue weighted by molar-refractivity contribution is -0.140. The van der Waals surface area contributed by atoms with Crippen LogP contribution in [0.4, 0.5) is 0 Å². The van der Waals surface area contributed by atoms with Gasteiger partial charge in [0, 0.05) is 13.7 Å². The largest absolute Gasteiger partial charge is 0.465 e. The van der Waals surface area contributed by atoms with Crippen LogP contribution in [0, 0.1) is 0 Å². The second kappa shape index (κ2) is 8.93. The van der Waals surface area contributed by atoms with Crippen LogP contribution in [0.3, 0.4) is 0 Å². The first-order valence-corrected chi connectivity index (χ1v) is 6.91. The average Bonchev–Trinajstić information content (AvgIpc) is 2.81. The maximum absolute atomic E-state index is 11.4. The maximum Gasteiger partial charge on any atom is 0.316 e. The minimum absolute atomic E-state index is 0.213. The molecule has 0 saturated carbocycles. The van der Waals surface area contributed by atoms with E-state index < -0.39 is 0 Å². The van der Waals surface area contributed by atoms with Crippen LogP contribution in [0.2, 0.25) is 0 Å². The van der Waals surface area contributed by atoms with Gasteiger partial charge in [0.25, 0.3) is 0 Å². The van der Waals surface area contributed by atoms with E-state index >= 15 is 0 Å². The van der Waals surface area contributed by atoms with E-state index in [4.69, 9.17) is 9.47 Å². The van der Waals surface area contributed by atoms with Crippen LogP contribution in [0.25, 0.3) is 0 Å². The molecule has 0 unspecified atom stereocenters. The van der Waals surface area contributed by atoms with Gasteiger partial charge in [-0.15, -0.1) is 10.2 Å². The first-order chi connectivity index (χ1) is 8.77. The van der Waals surface area contributed by atoms with E-state index in [1.54, 1.807) is 13.4 Å². The molecule has 0 saturated heterocycles. The van der Waals surface area contributed by atoms with E-state index in [0.717, 1.165) is 12.8 Å². The zero-order chi connectivity index (χ0) is 13.2. The van der Waals surface area contributed by atoms with Crippen LogP contribution in [0.5, 0.6) is 0 Å². The Morgan fingerprint density at radius 1 is 1.50 bits per heavy atom. The highest BCUT2D eigenvalue weighted by atomic mass is 32.2. The first kappa shape index (κ1) is 15.0. The van der Waals surface area contributed by atoms with Gasteiger partial charge in [0.2, 0.25) is 0 Å². The lowest BCUT2D eigenvalue weighted by Crippen LogP contribution is -2.10. The molecule has 0 atom stereocenters. The number of nitrogens with zero attached hydrogens (tertiary/aromatic N) is 3. The predicted molar refractivity (Wildman–Crippen MR) is 68.5 cm³/mol. The van der Waals surface area contributed by atoms with Gasteiger partial charge in [-0.25, -0.2) is 0 Å². The van der Waals surface area contributed by atoms with E-state index in [0.29, 0.717) is 24.9 Å². The summed E-state index contributed by atoms with van der Waals surface area (Å²) >= 11 is 1.33. The van der Waals surface area contributed by atoms with E-state index in [2.05, 4.69) is 17.1 Å². The molecule has 0 aliphatic heterocycles. The number of carbonyl (C=O) groups is 1. The van der Waals surface area contributed by atoms with Gasteiger partial charge in [-0.2, -0.15) is 0 Å². The summed E-state index contributed by atoms with van der Waals surface area (Å²) in [4.78, 5) is 11.4. The van der Waals surface area contributed by atoms with E-state index in [1.165, 1.54) is 11.8 Å². The Balaban J connectivity index is 2.29. The zero-order valence-corrected chi connectivity index (χ0v) is 11.6. The molecule has 7 heteroatoms. The molecule has 0 fully saturated rings. The van der Waals surface area contributed by atoms with Crippen LogP contribution in [-0.4, -0.2) is 46.8 Å². The highest BCUT2D eigenvalue weighted by molar-refractivity contribution is 7.99. The molecule has 102 valence electrons. The molecule has 0 aliphatic rings. The second-order valence-corrected chi connectivity index (χ2v) is 4.60. The molecule has 0 N–H and O–H groups in total. The summed E-state index contributed by atoms with van der Waals surface area (Å²) in [5.74, 6) is 0.0461. The fraction of sp³-hybridized carbons (Fsp3) is 0.727. The summed E-state index contributed by atoms with van der Waals surface area (Å²) in [6, 6.07) is 0. The van der Waals surface area contributed by atoms with Crippen LogP contribution in [-0.2, 0) is 20.8 Å². The highest BCUT2D eigenvalue weighted by Crippen LogP contribution is 2.14. The number of ether oxygens (including phenoxy) is 2. The van der Waals surface area contributed by atoms with Crippen molar-refractivity contribution in [1.82, 2.24) is 14.8 Å². The summed E-state index contributed by atoms with van der Waals surface area (Å²) in [5.41, 5.74) is 0. The van der Waals surface area contributed by atoms with Gasteiger partial charge in [-0.1, -0.05) is 25.1 Å². The van der Waals surface area contributed by atoms with Gasteiger partial charge in [-0.3, -0.25) is 4.79 Å². The van der Waals surface area contributed by atoms with Gasteiger partial charge in [0.05, 0.1) is 19.0 Å². The molecular formula is C11H19N3O3S. The molecule has 0 amide bonds. The number of hydrogen-bond donors (Lipinski definition) is 0. The standard InChI is InChI=1S/C11H19N3O3S/c1-3-4-6-17-10(15)8-18-11-13-12-9-14(11)5-7-16-2/h9H,3-8H2,1-2H3. The topological polar surface area (TPSA) is 66.2 Å². The number of methoxy groups -OCH3 is 1. The van der Waals surface area contributed by atoms with Crippen molar-refractivity contribution in [1.29, 1.82) is 0 Å². The number of rotatable bonds is 9. The SMILES string of the molecule is CCCCOC(=O)CSc1nncn1CCOC. The zero-order valence-electron chi connectivity index (χ0n) is 10.8. The fourth-order valence-electron chi connectivity index (χ4n) is 1.19. The van der Waals surface area contributed by atoms with Crippen molar-refractivity contribution < 1.29 is 14.3 Å². The smallest absolute Gasteiger partial charge is 0.316 e. The summed E-state index contributed by atoms with van der Waals surface area (Å²) in [6.45, 7) is 3.82. The van der Waals surface area contributed by atoms with Gasteiger partial charge in [-0.05, 0) is 6.42 Å². The molecule has 6 nitrogen and oxygen atoms in total. The summed E-state index contributed by atoms with van der Waals surface area (Å²) in [5, 5.41) is 8.47. The highest BCUT2D eigenvalue weighted by Gasteiger charge is 2.09. The molecule has 1 aromatic heterocycles. The molecule has 0 bridgehead atoms. The molecule has 0 aliphatic carbocycles. The number of thioether (sulfide) groups is 1. The quantitative estimate of drug-likeness (QED) is 0.384. The van der Waals surface area contributed by atoms with Crippen LogP contribution in [0.15, 0.2) is 11.5 Å². The maximum atomic E-state index is 11.4. The van der Waals surface area contributed by atoms with E-state index in [9.17, 15) is 4.79 Å². The third-order valence-electron chi connectivity index (χ3n) is 2.20. The molecule has 1 aromatic rings. The number of hydrogen-bond acceptors (Lipinski definition) is 6. The third-order valence-corrected chi connectivity index (χ3v) is 3.15. The van der Waals surface area contributed by atoms with Crippen LogP contribution in [0.1, 0.15) is 19.8 Å². The van der Waals surface area contributed by atoms with Crippen molar-refractivity contribution in [2.75, 3.05) is 26.1 Å². The second-order valence-electron chi connectivity index (χ2n) is 3.66. The van der Waals surface area contributed by atoms with Crippen LogP contribution < -0.4 is 0 Å². The number of carbonyl (C=O) groups excluding carboxylic acids is 1. The fourth-order valence-corrected chi connectivity index (χ4v) is 1.93. The Hall–Kier alpha value is -1.08. The minimum Gasteiger partial charge on any atom is -0.465 e. The lowest BCUT2D eigenvalue weighted by Gasteiger charge is -2.05. The molecular weight excluding hydrogens is 254 g/mol. The lowest BCUT2D eigenvalue weighted by atomic mass is 10.4. The average molecular weight is 273 g/mol. The number of esters is 1. The van der Waals surface area contributed by atoms with Crippen molar-refractivity contribution in [2.24, 2.45) is 0 Å². The Kier molecular flexibility index (Phi) is 7.43. The molecule has 0 radical (unpaired) electrons. The molecule has 18 heavy (non-hydrogen) atoms. The Labute approximate surface area is 111 Å². The van der Waals surface area contributed by atoms with E-state index in [-0.39, 0.29) is 11.7 Å². The molecule has 1 rings (SSSR count). The van der Waals surface area contributed by atoms with Gasteiger partial charge in [0.15, 0.2) is 5.16 Å². The molecule has 0 aromatic carbocycles. The third kappa shape index (κ3) is 5.50. The summed E-state index contributed by atoms with van der Waals surface area (Å²) < 4.78 is 11.9. The molecule has 1 heterocycles. The van der Waals surface area contributed by atoms with Crippen molar-refractivity contribution >= 4 is 17.7 Å². The van der Waals surface area contributed by atoms with Crippen molar-refractivity contribution in [3.8, 4) is 0 Å². The summed E-state index contributed by atoms with van der Waals surface area (Å²) in [7, 11) is 1.64. The van der Waals surface area contributed by atoms with Gasteiger partial charge < -0.3 is 14.0 Å². The monoisotopic (exact) mass is 273 g/mol. The van der Waals surface area contributed by atoms with Crippen molar-refractivity contribution in [3.63, 3.8) is 0 Å². The number of aromatic nitrogens is 3.